The van der Waals surface area contributed by atoms with Crippen molar-refractivity contribution in [1.82, 2.24) is 9.55 Å². The zero-order valence-electron chi connectivity index (χ0n) is 10.3. The molecule has 1 heterocycles. The van der Waals surface area contributed by atoms with Crippen LogP contribution in [0.1, 0.15) is 17.8 Å². The molecule has 1 aromatic carbocycles. The Kier molecular flexibility index (Phi) is 4.15. The molecule has 2 rings (SSSR count). The normalized spacial score (nSPS) is 9.58. The number of rotatable bonds is 5. The van der Waals surface area contributed by atoms with E-state index in [0.717, 1.165) is 6.42 Å². The van der Waals surface area contributed by atoms with Crippen LogP contribution >= 0.6 is 0 Å². The molecule has 0 atom stereocenters. The van der Waals surface area contributed by atoms with E-state index < -0.39 is 0 Å². The highest BCUT2D eigenvalue weighted by molar-refractivity contribution is 5.36. The van der Waals surface area contributed by atoms with E-state index >= 15 is 0 Å². The Labute approximate surface area is 111 Å². The number of imidazole rings is 1. The molecule has 0 amide bonds. The molecule has 0 aliphatic carbocycles. The monoisotopic (exact) mass is 252 g/mol. The number of aromatic nitrogens is 2. The van der Waals surface area contributed by atoms with E-state index in [9.17, 15) is 0 Å². The fraction of sp³-hybridized carbons (Fsp3) is 0.214. The number of aryl methyl sites for hydroxylation is 1. The SMILES string of the molecule is N#Cc1cccc(OCCCn2ccnc2C#N)c1. The minimum atomic E-state index is 0.409. The van der Waals surface area contributed by atoms with Gasteiger partial charge in [-0.1, -0.05) is 6.07 Å². The molecule has 0 spiro atoms. The average molecular weight is 252 g/mol. The molecule has 0 unspecified atom stereocenters. The van der Waals surface area contributed by atoms with Gasteiger partial charge in [0, 0.05) is 18.9 Å². The smallest absolute Gasteiger partial charge is 0.212 e. The van der Waals surface area contributed by atoms with Crippen LogP contribution in [0.2, 0.25) is 0 Å². The highest BCUT2D eigenvalue weighted by Gasteiger charge is 2.01. The molecule has 2 aromatic rings. The molecule has 5 heteroatoms. The largest absolute Gasteiger partial charge is 0.493 e. The Morgan fingerprint density at radius 3 is 2.95 bits per heavy atom. The number of hydrogen-bond donors (Lipinski definition) is 0. The van der Waals surface area contributed by atoms with E-state index in [0.29, 0.717) is 30.3 Å². The topological polar surface area (TPSA) is 74.6 Å². The Morgan fingerprint density at radius 1 is 1.26 bits per heavy atom. The van der Waals surface area contributed by atoms with Crippen molar-refractivity contribution in [3.05, 3.63) is 48.0 Å². The molecule has 5 nitrogen and oxygen atoms in total. The van der Waals surface area contributed by atoms with Gasteiger partial charge in [0.05, 0.1) is 18.2 Å². The summed E-state index contributed by atoms with van der Waals surface area (Å²) in [5.74, 6) is 1.09. The van der Waals surface area contributed by atoms with Gasteiger partial charge in [-0.2, -0.15) is 10.5 Å². The summed E-state index contributed by atoms with van der Waals surface area (Å²) in [5, 5.41) is 17.6. The minimum Gasteiger partial charge on any atom is -0.493 e. The fourth-order valence-corrected chi connectivity index (χ4v) is 1.68. The van der Waals surface area contributed by atoms with Crippen LogP contribution in [0.3, 0.4) is 0 Å². The quantitative estimate of drug-likeness (QED) is 0.764. The van der Waals surface area contributed by atoms with E-state index in [1.54, 1.807) is 35.2 Å². The van der Waals surface area contributed by atoms with Crippen LogP contribution in [0.5, 0.6) is 5.75 Å². The summed E-state index contributed by atoms with van der Waals surface area (Å²) in [6.07, 6.45) is 4.15. The predicted molar refractivity (Wildman–Crippen MR) is 68.2 cm³/mol. The lowest BCUT2D eigenvalue weighted by Gasteiger charge is -2.07. The molecular weight excluding hydrogens is 240 g/mol. The van der Waals surface area contributed by atoms with Crippen LogP contribution in [0.25, 0.3) is 0 Å². The first-order chi connectivity index (χ1) is 9.33. The van der Waals surface area contributed by atoms with Crippen molar-refractivity contribution in [3.63, 3.8) is 0 Å². The number of benzene rings is 1. The summed E-state index contributed by atoms with van der Waals surface area (Å²) < 4.78 is 7.34. The summed E-state index contributed by atoms with van der Waals surface area (Å²) in [5.41, 5.74) is 0.582. The third-order valence-electron chi connectivity index (χ3n) is 2.59. The Bertz CT molecular complexity index is 633. The molecule has 0 fully saturated rings. The zero-order valence-corrected chi connectivity index (χ0v) is 10.3. The van der Waals surface area contributed by atoms with Crippen LogP contribution in [0.4, 0.5) is 0 Å². The van der Waals surface area contributed by atoms with Crippen molar-refractivity contribution in [1.29, 1.82) is 10.5 Å². The van der Waals surface area contributed by atoms with Gasteiger partial charge < -0.3 is 9.30 Å². The summed E-state index contributed by atoms with van der Waals surface area (Å²) in [6, 6.07) is 11.1. The number of hydrogen-bond acceptors (Lipinski definition) is 4. The minimum absolute atomic E-state index is 0.409. The molecule has 0 radical (unpaired) electrons. The summed E-state index contributed by atoms with van der Waals surface area (Å²) in [4.78, 5) is 3.92. The number of nitrogens with zero attached hydrogens (tertiary/aromatic N) is 4. The van der Waals surface area contributed by atoms with Gasteiger partial charge in [-0.25, -0.2) is 4.98 Å². The second kappa shape index (κ2) is 6.23. The fourth-order valence-electron chi connectivity index (χ4n) is 1.68. The summed E-state index contributed by atoms with van der Waals surface area (Å²) in [7, 11) is 0. The molecule has 19 heavy (non-hydrogen) atoms. The molecule has 94 valence electrons. The Morgan fingerprint density at radius 2 is 2.16 bits per heavy atom. The van der Waals surface area contributed by atoms with Gasteiger partial charge in [-0.05, 0) is 24.6 Å². The maximum Gasteiger partial charge on any atom is 0.212 e. The molecule has 0 bridgehead atoms. The summed E-state index contributed by atoms with van der Waals surface area (Å²) in [6.45, 7) is 1.21. The van der Waals surface area contributed by atoms with Gasteiger partial charge in [0.2, 0.25) is 5.82 Å². The van der Waals surface area contributed by atoms with Gasteiger partial charge in [-0.3, -0.25) is 0 Å². The predicted octanol–water partition coefficient (Wildman–Crippen LogP) is 2.10. The average Bonchev–Trinajstić information content (AvgIpc) is 2.91. The lowest BCUT2D eigenvalue weighted by Crippen LogP contribution is -2.05. The van der Waals surface area contributed by atoms with E-state index in [1.165, 1.54) is 0 Å². The third kappa shape index (κ3) is 3.34. The molecule has 0 saturated heterocycles. The maximum absolute atomic E-state index is 8.80. The molecule has 0 aliphatic rings. The first-order valence-corrected chi connectivity index (χ1v) is 5.87. The lowest BCUT2D eigenvalue weighted by atomic mass is 10.2. The number of nitriles is 2. The van der Waals surface area contributed by atoms with E-state index in [4.69, 9.17) is 15.3 Å². The van der Waals surface area contributed by atoms with Crippen molar-refractivity contribution >= 4 is 0 Å². The van der Waals surface area contributed by atoms with Gasteiger partial charge >= 0.3 is 0 Å². The Balaban J connectivity index is 1.81. The van der Waals surface area contributed by atoms with Crippen LogP contribution in [0, 0.1) is 22.7 Å². The Hall–Kier alpha value is -2.79. The molecule has 0 saturated carbocycles. The molecule has 0 aliphatic heterocycles. The van der Waals surface area contributed by atoms with Crippen molar-refractivity contribution in [3.8, 4) is 17.9 Å². The van der Waals surface area contributed by atoms with Crippen LogP contribution in [-0.2, 0) is 6.54 Å². The van der Waals surface area contributed by atoms with Crippen molar-refractivity contribution in [2.75, 3.05) is 6.61 Å². The van der Waals surface area contributed by atoms with Crippen molar-refractivity contribution < 1.29 is 4.74 Å². The first kappa shape index (κ1) is 12.7. The van der Waals surface area contributed by atoms with Gasteiger partial charge in [0.25, 0.3) is 0 Å². The van der Waals surface area contributed by atoms with Crippen molar-refractivity contribution in [2.45, 2.75) is 13.0 Å². The number of ether oxygens (including phenoxy) is 1. The van der Waals surface area contributed by atoms with Gasteiger partial charge in [0.1, 0.15) is 11.8 Å². The van der Waals surface area contributed by atoms with Crippen LogP contribution in [-0.4, -0.2) is 16.2 Å². The van der Waals surface area contributed by atoms with E-state index in [2.05, 4.69) is 11.1 Å². The van der Waals surface area contributed by atoms with Gasteiger partial charge in [-0.15, -0.1) is 0 Å². The summed E-state index contributed by atoms with van der Waals surface area (Å²) >= 11 is 0. The van der Waals surface area contributed by atoms with Crippen LogP contribution in [0.15, 0.2) is 36.7 Å². The van der Waals surface area contributed by atoms with E-state index in [-0.39, 0.29) is 0 Å². The van der Waals surface area contributed by atoms with Gasteiger partial charge in [0.15, 0.2) is 0 Å². The zero-order chi connectivity index (χ0) is 13.5. The second-order valence-corrected chi connectivity index (χ2v) is 3.90. The molecular formula is C14H12N4O. The van der Waals surface area contributed by atoms with E-state index in [1.807, 2.05) is 12.1 Å². The van der Waals surface area contributed by atoms with Crippen LogP contribution < -0.4 is 4.74 Å². The molecule has 1 aromatic heterocycles. The third-order valence-corrected chi connectivity index (χ3v) is 2.59. The second-order valence-electron chi connectivity index (χ2n) is 3.90. The lowest BCUT2D eigenvalue weighted by molar-refractivity contribution is 0.301. The highest BCUT2D eigenvalue weighted by atomic mass is 16.5. The van der Waals surface area contributed by atoms with Crippen molar-refractivity contribution in [2.24, 2.45) is 0 Å². The maximum atomic E-state index is 8.80. The molecule has 0 N–H and O–H groups in total. The first-order valence-electron chi connectivity index (χ1n) is 5.87. The highest BCUT2D eigenvalue weighted by Crippen LogP contribution is 2.12. The standard InChI is InChI=1S/C14H12N4O/c15-10-12-3-1-4-13(9-12)19-8-2-6-18-7-5-17-14(18)11-16/h1,3-5,7,9H,2,6,8H2.